The predicted octanol–water partition coefficient (Wildman–Crippen LogP) is 4.08. The van der Waals surface area contributed by atoms with Gasteiger partial charge in [0.2, 0.25) is 5.91 Å². The lowest BCUT2D eigenvalue weighted by Crippen LogP contribution is -2.37. The molecule has 1 amide bonds. The van der Waals surface area contributed by atoms with Crippen LogP contribution in [0.5, 0.6) is 5.75 Å². The van der Waals surface area contributed by atoms with E-state index in [0.717, 1.165) is 16.1 Å². The van der Waals surface area contributed by atoms with E-state index in [4.69, 9.17) is 16.3 Å². The maximum Gasteiger partial charge on any atom is 0.313 e. The van der Waals surface area contributed by atoms with Crippen LogP contribution in [-0.2, 0) is 9.59 Å². The molecule has 0 spiro atoms. The number of carbonyl (C=O) groups excluding carboxylic acids is 2. The highest BCUT2D eigenvalue weighted by Gasteiger charge is 2.25. The topological polar surface area (TPSA) is 46.6 Å². The first-order valence-corrected chi connectivity index (χ1v) is 8.90. The van der Waals surface area contributed by atoms with Crippen molar-refractivity contribution < 1.29 is 14.3 Å². The number of aryl methyl sites for hydroxylation is 1. The standard InChI is InChI=1S/C18H16ClNO3S/c1-12-10-13(19)6-7-15(12)23-18(22)8-9-20-14-4-2-3-5-16(14)24-11-17(20)21/h2-7,10H,8-9,11H2,1H3. The molecule has 3 rings (SSSR count). The van der Waals surface area contributed by atoms with Gasteiger partial charge in [-0.05, 0) is 42.8 Å². The van der Waals surface area contributed by atoms with Gasteiger partial charge in [-0.25, -0.2) is 0 Å². The molecule has 6 heteroatoms. The zero-order valence-corrected chi connectivity index (χ0v) is 14.7. The van der Waals surface area contributed by atoms with Crippen molar-refractivity contribution in [2.45, 2.75) is 18.2 Å². The van der Waals surface area contributed by atoms with Gasteiger partial charge in [-0.15, -0.1) is 11.8 Å². The van der Waals surface area contributed by atoms with Crippen molar-refractivity contribution in [1.82, 2.24) is 0 Å². The van der Waals surface area contributed by atoms with Crippen LogP contribution < -0.4 is 9.64 Å². The van der Waals surface area contributed by atoms with E-state index in [1.807, 2.05) is 31.2 Å². The number of hydrogen-bond donors (Lipinski definition) is 0. The molecule has 1 aliphatic rings. The molecule has 0 N–H and O–H groups in total. The summed E-state index contributed by atoms with van der Waals surface area (Å²) in [5.74, 6) is 0.519. The molecule has 4 nitrogen and oxygen atoms in total. The molecule has 2 aromatic carbocycles. The normalized spacial score (nSPS) is 13.6. The van der Waals surface area contributed by atoms with E-state index in [9.17, 15) is 9.59 Å². The molecule has 0 saturated heterocycles. The lowest BCUT2D eigenvalue weighted by atomic mass is 10.2. The van der Waals surface area contributed by atoms with Gasteiger partial charge in [0.15, 0.2) is 0 Å². The average Bonchev–Trinajstić information content (AvgIpc) is 2.56. The summed E-state index contributed by atoms with van der Waals surface area (Å²) in [5.41, 5.74) is 1.65. The lowest BCUT2D eigenvalue weighted by molar-refractivity contribution is -0.134. The van der Waals surface area contributed by atoms with Gasteiger partial charge in [-0.1, -0.05) is 23.7 Å². The van der Waals surface area contributed by atoms with Crippen molar-refractivity contribution in [2.75, 3.05) is 17.2 Å². The smallest absolute Gasteiger partial charge is 0.313 e. The van der Waals surface area contributed by atoms with Crippen LogP contribution in [0.3, 0.4) is 0 Å². The molecule has 0 fully saturated rings. The number of anilines is 1. The fourth-order valence-corrected chi connectivity index (χ4v) is 3.67. The fourth-order valence-electron chi connectivity index (χ4n) is 2.50. The number of benzene rings is 2. The van der Waals surface area contributed by atoms with Crippen LogP contribution in [0.25, 0.3) is 0 Å². The number of amides is 1. The van der Waals surface area contributed by atoms with Gasteiger partial charge in [0.05, 0.1) is 17.9 Å². The van der Waals surface area contributed by atoms with E-state index < -0.39 is 0 Å². The molecule has 124 valence electrons. The molecule has 1 heterocycles. The zero-order chi connectivity index (χ0) is 17.1. The Labute approximate surface area is 149 Å². The van der Waals surface area contributed by atoms with E-state index in [0.29, 0.717) is 23.1 Å². The van der Waals surface area contributed by atoms with E-state index in [1.54, 1.807) is 23.1 Å². The summed E-state index contributed by atoms with van der Waals surface area (Å²) in [7, 11) is 0. The second-order valence-corrected chi connectivity index (χ2v) is 6.89. The Morgan fingerprint density at radius 3 is 2.88 bits per heavy atom. The minimum absolute atomic E-state index is 0.00849. The minimum atomic E-state index is -0.371. The number of thioether (sulfide) groups is 1. The fraction of sp³-hybridized carbons (Fsp3) is 0.222. The van der Waals surface area contributed by atoms with Crippen LogP contribution in [0.4, 0.5) is 5.69 Å². The summed E-state index contributed by atoms with van der Waals surface area (Å²) in [6.07, 6.45) is 0.132. The maximum absolute atomic E-state index is 12.2. The van der Waals surface area contributed by atoms with Crippen LogP contribution in [0, 0.1) is 6.92 Å². The Bertz CT molecular complexity index is 794. The molecule has 0 bridgehead atoms. The largest absolute Gasteiger partial charge is 0.426 e. The third kappa shape index (κ3) is 3.74. The molecule has 0 atom stereocenters. The van der Waals surface area contributed by atoms with Gasteiger partial charge in [0, 0.05) is 16.5 Å². The van der Waals surface area contributed by atoms with Crippen LogP contribution in [0.15, 0.2) is 47.4 Å². The first-order chi connectivity index (χ1) is 11.5. The number of hydrogen-bond acceptors (Lipinski definition) is 4. The summed E-state index contributed by atoms with van der Waals surface area (Å²) in [5, 5.41) is 0.598. The number of esters is 1. The molecule has 24 heavy (non-hydrogen) atoms. The zero-order valence-electron chi connectivity index (χ0n) is 13.1. The van der Waals surface area contributed by atoms with Crippen molar-refractivity contribution in [3.8, 4) is 5.75 Å². The highest BCUT2D eigenvalue weighted by molar-refractivity contribution is 8.00. The van der Waals surface area contributed by atoms with Crippen LogP contribution in [0.2, 0.25) is 5.02 Å². The Kier molecular flexibility index (Phi) is 5.11. The van der Waals surface area contributed by atoms with Crippen molar-refractivity contribution in [3.63, 3.8) is 0 Å². The third-order valence-electron chi connectivity index (χ3n) is 3.71. The molecule has 2 aromatic rings. The number of rotatable bonds is 4. The molecular weight excluding hydrogens is 346 g/mol. The second kappa shape index (κ2) is 7.28. The third-order valence-corrected chi connectivity index (χ3v) is 4.99. The minimum Gasteiger partial charge on any atom is -0.426 e. The number of halogens is 1. The van der Waals surface area contributed by atoms with Crippen molar-refractivity contribution in [1.29, 1.82) is 0 Å². The predicted molar refractivity (Wildman–Crippen MR) is 96.0 cm³/mol. The monoisotopic (exact) mass is 361 g/mol. The molecule has 0 unspecified atom stereocenters. The Morgan fingerprint density at radius 2 is 2.08 bits per heavy atom. The van der Waals surface area contributed by atoms with Gasteiger partial charge in [0.25, 0.3) is 0 Å². The summed E-state index contributed by atoms with van der Waals surface area (Å²) in [6.45, 7) is 2.14. The molecule has 0 radical (unpaired) electrons. The molecule has 0 saturated carbocycles. The number of carbonyl (C=O) groups is 2. The Hall–Kier alpha value is -1.98. The van der Waals surface area contributed by atoms with Crippen molar-refractivity contribution >= 4 is 40.9 Å². The van der Waals surface area contributed by atoms with Gasteiger partial charge in [-0.3, -0.25) is 9.59 Å². The second-order valence-electron chi connectivity index (χ2n) is 5.44. The number of nitrogens with zero attached hydrogens (tertiary/aromatic N) is 1. The highest BCUT2D eigenvalue weighted by Crippen LogP contribution is 2.35. The Balaban J connectivity index is 1.65. The summed E-state index contributed by atoms with van der Waals surface area (Å²) < 4.78 is 5.37. The van der Waals surface area contributed by atoms with Gasteiger partial charge in [-0.2, -0.15) is 0 Å². The first-order valence-electron chi connectivity index (χ1n) is 7.53. The van der Waals surface area contributed by atoms with Crippen molar-refractivity contribution in [3.05, 3.63) is 53.1 Å². The van der Waals surface area contributed by atoms with Crippen LogP contribution in [0.1, 0.15) is 12.0 Å². The lowest BCUT2D eigenvalue weighted by Gasteiger charge is -2.28. The highest BCUT2D eigenvalue weighted by atomic mass is 35.5. The summed E-state index contributed by atoms with van der Waals surface area (Å²) >= 11 is 7.41. The quantitative estimate of drug-likeness (QED) is 0.608. The van der Waals surface area contributed by atoms with E-state index in [-0.39, 0.29) is 18.3 Å². The van der Waals surface area contributed by atoms with E-state index in [2.05, 4.69) is 0 Å². The van der Waals surface area contributed by atoms with E-state index in [1.165, 1.54) is 11.8 Å². The van der Waals surface area contributed by atoms with Gasteiger partial charge in [0.1, 0.15) is 5.75 Å². The SMILES string of the molecule is Cc1cc(Cl)ccc1OC(=O)CCN1C(=O)CSc2ccccc21. The maximum atomic E-state index is 12.2. The van der Waals surface area contributed by atoms with Crippen molar-refractivity contribution in [2.24, 2.45) is 0 Å². The molecule has 0 aliphatic carbocycles. The number of ether oxygens (including phenoxy) is 1. The van der Waals surface area contributed by atoms with Gasteiger partial charge < -0.3 is 9.64 Å². The van der Waals surface area contributed by atoms with E-state index >= 15 is 0 Å². The Morgan fingerprint density at radius 1 is 1.29 bits per heavy atom. The van der Waals surface area contributed by atoms with Crippen LogP contribution in [-0.4, -0.2) is 24.2 Å². The first kappa shape index (κ1) is 16.9. The number of fused-ring (bicyclic) bond motifs is 1. The summed E-state index contributed by atoms with van der Waals surface area (Å²) in [6, 6.07) is 12.8. The van der Waals surface area contributed by atoms with Gasteiger partial charge >= 0.3 is 5.97 Å². The number of para-hydroxylation sites is 1. The molecule has 1 aliphatic heterocycles. The van der Waals surface area contributed by atoms with Crippen LogP contribution >= 0.6 is 23.4 Å². The molecule has 0 aromatic heterocycles. The molecular formula is C18H16ClNO3S. The average molecular weight is 362 g/mol. The summed E-state index contributed by atoms with van der Waals surface area (Å²) in [4.78, 5) is 27.0.